The van der Waals surface area contributed by atoms with Crippen molar-refractivity contribution >= 4 is 5.91 Å². The third kappa shape index (κ3) is 3.04. The SMILES string of the molecule is CN(Cc1ccccc1)C1(C(=O)N2CC[C@H](O)C2)Cc2ccccc2C1. The van der Waals surface area contributed by atoms with Crippen LogP contribution in [0.15, 0.2) is 54.6 Å². The van der Waals surface area contributed by atoms with Crippen LogP contribution in [0.4, 0.5) is 0 Å². The monoisotopic (exact) mass is 350 g/mol. The number of likely N-dealkylation sites (N-methyl/N-ethyl adjacent to an activating group) is 1. The zero-order valence-corrected chi connectivity index (χ0v) is 15.3. The Morgan fingerprint density at radius 2 is 1.73 bits per heavy atom. The zero-order valence-electron chi connectivity index (χ0n) is 15.3. The summed E-state index contributed by atoms with van der Waals surface area (Å²) >= 11 is 0. The standard InChI is InChI=1S/C22H26N2O2/c1-23(15-17-7-3-2-4-8-17)22(21(26)24-12-11-20(25)16-24)13-18-9-5-6-10-19(18)14-22/h2-10,20,25H,11-16H2,1H3/t20-/m0/s1. The second-order valence-electron chi connectivity index (χ2n) is 7.69. The summed E-state index contributed by atoms with van der Waals surface area (Å²) in [6.07, 6.45) is 1.76. The van der Waals surface area contributed by atoms with Gasteiger partial charge in [0, 0.05) is 32.5 Å². The van der Waals surface area contributed by atoms with E-state index >= 15 is 0 Å². The number of aliphatic hydroxyl groups excluding tert-OH is 1. The fourth-order valence-corrected chi connectivity index (χ4v) is 4.41. The van der Waals surface area contributed by atoms with Gasteiger partial charge in [-0.1, -0.05) is 54.6 Å². The van der Waals surface area contributed by atoms with E-state index in [0.717, 1.165) is 19.4 Å². The largest absolute Gasteiger partial charge is 0.391 e. The normalized spacial score (nSPS) is 21.2. The number of benzene rings is 2. The summed E-state index contributed by atoms with van der Waals surface area (Å²) in [5, 5.41) is 9.92. The Morgan fingerprint density at radius 3 is 2.31 bits per heavy atom. The van der Waals surface area contributed by atoms with Crippen LogP contribution in [0, 0.1) is 0 Å². The molecule has 1 N–H and O–H groups in total. The lowest BCUT2D eigenvalue weighted by Gasteiger charge is -2.40. The van der Waals surface area contributed by atoms with Crippen molar-refractivity contribution in [1.82, 2.24) is 9.80 Å². The van der Waals surface area contributed by atoms with Gasteiger partial charge in [-0.3, -0.25) is 9.69 Å². The average Bonchev–Trinajstić information content (AvgIpc) is 3.26. The van der Waals surface area contributed by atoms with Crippen LogP contribution in [-0.4, -0.2) is 52.6 Å². The molecule has 1 saturated heterocycles. The van der Waals surface area contributed by atoms with Crippen LogP contribution in [0.5, 0.6) is 0 Å². The number of nitrogens with zero attached hydrogens (tertiary/aromatic N) is 2. The van der Waals surface area contributed by atoms with E-state index in [9.17, 15) is 9.90 Å². The quantitative estimate of drug-likeness (QED) is 0.920. The van der Waals surface area contributed by atoms with Gasteiger partial charge in [-0.25, -0.2) is 0 Å². The predicted octanol–water partition coefficient (Wildman–Crippen LogP) is 2.25. The minimum absolute atomic E-state index is 0.156. The van der Waals surface area contributed by atoms with E-state index in [4.69, 9.17) is 0 Å². The first-order valence-corrected chi connectivity index (χ1v) is 9.38. The van der Waals surface area contributed by atoms with Gasteiger partial charge in [-0.15, -0.1) is 0 Å². The number of amides is 1. The van der Waals surface area contributed by atoms with Gasteiger partial charge in [-0.05, 0) is 30.2 Å². The molecule has 1 heterocycles. The van der Waals surface area contributed by atoms with E-state index in [1.165, 1.54) is 16.7 Å². The topological polar surface area (TPSA) is 43.8 Å². The van der Waals surface area contributed by atoms with Crippen LogP contribution < -0.4 is 0 Å². The third-order valence-electron chi connectivity index (χ3n) is 5.93. The number of likely N-dealkylation sites (tertiary alicyclic amines) is 1. The highest BCUT2D eigenvalue weighted by Crippen LogP contribution is 2.37. The summed E-state index contributed by atoms with van der Waals surface area (Å²) in [7, 11) is 2.06. The number of hydrogen-bond donors (Lipinski definition) is 1. The van der Waals surface area contributed by atoms with Crippen molar-refractivity contribution in [1.29, 1.82) is 0 Å². The molecule has 4 rings (SSSR count). The minimum Gasteiger partial charge on any atom is -0.391 e. The number of rotatable bonds is 4. The molecule has 1 amide bonds. The van der Waals surface area contributed by atoms with Crippen molar-refractivity contribution in [3.05, 3.63) is 71.3 Å². The Hall–Kier alpha value is -2.17. The molecular weight excluding hydrogens is 324 g/mol. The van der Waals surface area contributed by atoms with Crippen LogP contribution in [0.3, 0.4) is 0 Å². The molecule has 4 heteroatoms. The molecule has 4 nitrogen and oxygen atoms in total. The molecule has 26 heavy (non-hydrogen) atoms. The highest BCUT2D eigenvalue weighted by Gasteiger charge is 2.49. The van der Waals surface area contributed by atoms with Crippen molar-refractivity contribution in [3.8, 4) is 0 Å². The van der Waals surface area contributed by atoms with Crippen LogP contribution in [0.1, 0.15) is 23.1 Å². The van der Waals surface area contributed by atoms with Crippen molar-refractivity contribution in [3.63, 3.8) is 0 Å². The minimum atomic E-state index is -0.566. The molecule has 136 valence electrons. The lowest BCUT2D eigenvalue weighted by atomic mass is 9.91. The van der Waals surface area contributed by atoms with Gasteiger partial charge in [0.1, 0.15) is 5.54 Å². The summed E-state index contributed by atoms with van der Waals surface area (Å²) in [6, 6.07) is 18.7. The van der Waals surface area contributed by atoms with E-state index in [-0.39, 0.29) is 12.0 Å². The van der Waals surface area contributed by atoms with Crippen molar-refractivity contribution in [2.45, 2.75) is 37.5 Å². The van der Waals surface area contributed by atoms with Crippen LogP contribution >= 0.6 is 0 Å². The Bertz CT molecular complexity index is 765. The van der Waals surface area contributed by atoms with Gasteiger partial charge in [0.2, 0.25) is 5.91 Å². The summed E-state index contributed by atoms with van der Waals surface area (Å²) in [5.74, 6) is 0.156. The second-order valence-corrected chi connectivity index (χ2v) is 7.69. The maximum Gasteiger partial charge on any atom is 0.243 e. The fraction of sp³-hybridized carbons (Fsp3) is 0.409. The van der Waals surface area contributed by atoms with Crippen LogP contribution in [-0.2, 0) is 24.2 Å². The molecule has 0 aromatic heterocycles. The van der Waals surface area contributed by atoms with Crippen molar-refractivity contribution in [2.75, 3.05) is 20.1 Å². The molecule has 2 aliphatic rings. The summed E-state index contributed by atoms with van der Waals surface area (Å²) in [4.78, 5) is 17.7. The molecule has 1 aliphatic carbocycles. The number of carbonyl (C=O) groups excluding carboxylic acids is 1. The first kappa shape index (κ1) is 17.3. The van der Waals surface area contributed by atoms with Crippen LogP contribution in [0.2, 0.25) is 0 Å². The van der Waals surface area contributed by atoms with E-state index in [0.29, 0.717) is 19.5 Å². The van der Waals surface area contributed by atoms with Gasteiger partial charge >= 0.3 is 0 Å². The van der Waals surface area contributed by atoms with E-state index in [1.807, 2.05) is 23.1 Å². The van der Waals surface area contributed by atoms with E-state index in [2.05, 4.69) is 48.3 Å². The second kappa shape index (κ2) is 6.86. The van der Waals surface area contributed by atoms with Gasteiger partial charge in [0.25, 0.3) is 0 Å². The van der Waals surface area contributed by atoms with Crippen LogP contribution in [0.25, 0.3) is 0 Å². The molecule has 0 radical (unpaired) electrons. The number of β-amino-alcohol motifs (C(OH)–C–C–N with tert-alkyl or cyclic N) is 1. The molecule has 1 atom stereocenters. The smallest absolute Gasteiger partial charge is 0.243 e. The lowest BCUT2D eigenvalue weighted by molar-refractivity contribution is -0.143. The Balaban J connectivity index is 1.65. The molecule has 0 unspecified atom stereocenters. The zero-order chi connectivity index (χ0) is 18.1. The summed E-state index contributed by atoms with van der Waals surface area (Å²) < 4.78 is 0. The molecular formula is C22H26N2O2. The molecule has 0 bridgehead atoms. The summed E-state index contributed by atoms with van der Waals surface area (Å²) in [5.41, 5.74) is 3.17. The molecule has 1 fully saturated rings. The van der Waals surface area contributed by atoms with Gasteiger partial charge in [0.15, 0.2) is 0 Å². The Kier molecular flexibility index (Phi) is 4.55. The van der Waals surface area contributed by atoms with Crippen molar-refractivity contribution < 1.29 is 9.90 Å². The van der Waals surface area contributed by atoms with E-state index in [1.54, 1.807) is 0 Å². The highest BCUT2D eigenvalue weighted by atomic mass is 16.3. The lowest BCUT2D eigenvalue weighted by Crippen LogP contribution is -2.58. The first-order valence-electron chi connectivity index (χ1n) is 9.38. The predicted molar refractivity (Wildman–Crippen MR) is 102 cm³/mol. The number of aliphatic hydroxyl groups is 1. The van der Waals surface area contributed by atoms with Crippen molar-refractivity contribution in [2.24, 2.45) is 0 Å². The molecule has 2 aromatic rings. The molecule has 1 aliphatic heterocycles. The average molecular weight is 350 g/mol. The number of fused-ring (bicyclic) bond motifs is 1. The van der Waals surface area contributed by atoms with Gasteiger partial charge in [0.05, 0.1) is 6.10 Å². The Labute approximate surface area is 155 Å². The fourth-order valence-electron chi connectivity index (χ4n) is 4.41. The highest BCUT2D eigenvalue weighted by molar-refractivity contribution is 5.88. The van der Waals surface area contributed by atoms with E-state index < -0.39 is 5.54 Å². The first-order chi connectivity index (χ1) is 12.6. The van der Waals surface area contributed by atoms with Gasteiger partial charge < -0.3 is 10.0 Å². The molecule has 0 saturated carbocycles. The molecule has 0 spiro atoms. The maximum absolute atomic E-state index is 13.6. The maximum atomic E-state index is 13.6. The number of carbonyl (C=O) groups is 1. The number of hydrogen-bond acceptors (Lipinski definition) is 3. The van der Waals surface area contributed by atoms with Gasteiger partial charge in [-0.2, -0.15) is 0 Å². The molecule has 2 aromatic carbocycles. The summed E-state index contributed by atoms with van der Waals surface area (Å²) in [6.45, 7) is 1.84. The Morgan fingerprint density at radius 1 is 1.12 bits per heavy atom. The third-order valence-corrected chi connectivity index (χ3v) is 5.93.